The van der Waals surface area contributed by atoms with E-state index < -0.39 is 0 Å². The Balaban J connectivity index is 0.00000205. The van der Waals surface area contributed by atoms with Crippen molar-refractivity contribution in [3.05, 3.63) is 71.2 Å². The molecule has 2 aromatic heterocycles. The zero-order valence-electron chi connectivity index (χ0n) is 25.4. The maximum Gasteiger partial charge on any atom is 0.255 e. The summed E-state index contributed by atoms with van der Waals surface area (Å²) in [6, 6.07) is 12.4. The molecule has 1 aliphatic heterocycles. The summed E-state index contributed by atoms with van der Waals surface area (Å²) in [5.41, 5.74) is 6.62. The van der Waals surface area contributed by atoms with Gasteiger partial charge in [0, 0.05) is 59.1 Å². The lowest BCUT2D eigenvalue weighted by molar-refractivity contribution is 0.0943. The molecule has 0 aliphatic carbocycles. The molecule has 3 N–H and O–H groups in total. The Hall–Kier alpha value is -3.45. The van der Waals surface area contributed by atoms with Crippen LogP contribution in [0.15, 0.2) is 48.8 Å². The van der Waals surface area contributed by atoms with Crippen LogP contribution in [-0.2, 0) is 17.4 Å². The number of amides is 1. The second-order valence-corrected chi connectivity index (χ2v) is 11.8. The second-order valence-electron chi connectivity index (χ2n) is 11.8. The van der Waals surface area contributed by atoms with Crippen molar-refractivity contribution in [3.63, 3.8) is 0 Å². The first-order chi connectivity index (χ1) is 18.3. The van der Waals surface area contributed by atoms with Gasteiger partial charge in [0.1, 0.15) is 5.82 Å². The van der Waals surface area contributed by atoms with Crippen LogP contribution in [0.5, 0.6) is 0 Å². The number of carbonyl (C=O) groups excluding carboxylic acids is 1. The van der Waals surface area contributed by atoms with Gasteiger partial charge in [-0.2, -0.15) is 0 Å². The number of anilines is 4. The van der Waals surface area contributed by atoms with Crippen molar-refractivity contribution in [3.8, 4) is 0 Å². The van der Waals surface area contributed by atoms with Crippen LogP contribution in [0.3, 0.4) is 0 Å². The van der Waals surface area contributed by atoms with E-state index in [0.717, 1.165) is 30.0 Å². The van der Waals surface area contributed by atoms with Crippen molar-refractivity contribution in [2.75, 3.05) is 24.2 Å². The van der Waals surface area contributed by atoms with Crippen LogP contribution in [0.2, 0.25) is 0 Å². The van der Waals surface area contributed by atoms with Gasteiger partial charge in [-0.1, -0.05) is 40.7 Å². The van der Waals surface area contributed by atoms with Crippen LogP contribution >= 0.6 is 0 Å². The molecule has 0 atom stereocenters. The molecule has 0 saturated carbocycles. The molecule has 3 heterocycles. The van der Waals surface area contributed by atoms with Crippen LogP contribution in [0, 0.1) is 0 Å². The number of pyridine rings is 2. The minimum atomic E-state index is -0.165. The van der Waals surface area contributed by atoms with E-state index in [1.165, 1.54) is 11.1 Å². The number of fused-ring (bicyclic) bond motifs is 1. The van der Waals surface area contributed by atoms with Gasteiger partial charge in [0.2, 0.25) is 0 Å². The second kappa shape index (κ2) is 12.2. The van der Waals surface area contributed by atoms with Gasteiger partial charge in [-0.3, -0.25) is 14.7 Å². The predicted molar refractivity (Wildman–Crippen MR) is 163 cm³/mol. The number of nitrogens with one attached hydrogen (secondary N) is 3. The van der Waals surface area contributed by atoms with Gasteiger partial charge < -0.3 is 16.0 Å². The first-order valence-corrected chi connectivity index (χ1v) is 14.0. The average Bonchev–Trinajstić information content (AvgIpc) is 2.87. The molecule has 0 unspecified atom stereocenters. The van der Waals surface area contributed by atoms with Gasteiger partial charge in [0.25, 0.3) is 5.91 Å². The molecular formula is C32H46N6O. The summed E-state index contributed by atoms with van der Waals surface area (Å²) in [5.74, 6) is 0.502. The van der Waals surface area contributed by atoms with E-state index in [0.29, 0.717) is 17.1 Å². The first kappa shape index (κ1) is 30.1. The Labute approximate surface area is 234 Å². The van der Waals surface area contributed by atoms with Crippen LogP contribution in [0.4, 0.5) is 22.9 Å². The number of carbonyl (C=O) groups is 1. The third-order valence-corrected chi connectivity index (χ3v) is 7.08. The van der Waals surface area contributed by atoms with E-state index in [1.807, 2.05) is 45.9 Å². The lowest BCUT2D eigenvalue weighted by Crippen LogP contribution is -2.43. The van der Waals surface area contributed by atoms with Gasteiger partial charge in [0.15, 0.2) is 0 Å². The quantitative estimate of drug-likeness (QED) is 0.314. The van der Waals surface area contributed by atoms with Crippen molar-refractivity contribution >= 4 is 28.8 Å². The Morgan fingerprint density at radius 1 is 1.00 bits per heavy atom. The van der Waals surface area contributed by atoms with Crippen molar-refractivity contribution in [2.45, 2.75) is 85.7 Å². The maximum absolute atomic E-state index is 13.0. The van der Waals surface area contributed by atoms with E-state index in [9.17, 15) is 4.79 Å². The Kier molecular flexibility index (Phi) is 9.38. The number of likely N-dealkylation sites (N-methyl/N-ethyl adjacent to an activating group) is 1. The van der Waals surface area contributed by atoms with Crippen molar-refractivity contribution in [2.24, 2.45) is 0 Å². The molecule has 0 bridgehead atoms. The summed E-state index contributed by atoms with van der Waals surface area (Å²) in [4.78, 5) is 24.5. The van der Waals surface area contributed by atoms with E-state index >= 15 is 0 Å². The summed E-state index contributed by atoms with van der Waals surface area (Å²) in [6.45, 7) is 19.8. The molecule has 0 spiro atoms. The molecule has 7 nitrogen and oxygen atoms in total. The number of aromatic nitrogens is 2. The molecule has 0 radical (unpaired) electrons. The highest BCUT2D eigenvalue weighted by molar-refractivity contribution is 6.00. The summed E-state index contributed by atoms with van der Waals surface area (Å²) >= 11 is 0. The lowest BCUT2D eigenvalue weighted by atomic mass is 9.83. The summed E-state index contributed by atoms with van der Waals surface area (Å²) < 4.78 is 0. The zero-order valence-corrected chi connectivity index (χ0v) is 25.4. The van der Waals surface area contributed by atoms with Crippen LogP contribution in [-0.4, -0.2) is 40.4 Å². The van der Waals surface area contributed by atoms with Crippen molar-refractivity contribution in [1.82, 2.24) is 20.2 Å². The monoisotopic (exact) mass is 530 g/mol. The topological polar surface area (TPSA) is 82.2 Å². The van der Waals surface area contributed by atoms with Crippen LogP contribution in [0.1, 0.15) is 89.5 Å². The van der Waals surface area contributed by atoms with Gasteiger partial charge >= 0.3 is 0 Å². The van der Waals surface area contributed by atoms with Gasteiger partial charge in [-0.15, -0.1) is 0 Å². The maximum atomic E-state index is 13.0. The van der Waals surface area contributed by atoms with Crippen LogP contribution < -0.4 is 16.0 Å². The van der Waals surface area contributed by atoms with E-state index in [1.54, 1.807) is 12.4 Å². The normalized spacial score (nSPS) is 14.6. The zero-order chi connectivity index (χ0) is 29.0. The molecule has 0 fully saturated rings. The van der Waals surface area contributed by atoms with Crippen molar-refractivity contribution in [1.29, 1.82) is 0 Å². The molecule has 1 amide bonds. The van der Waals surface area contributed by atoms with Gasteiger partial charge in [-0.05, 0) is 76.6 Å². The molecule has 7 heteroatoms. The number of benzene rings is 1. The van der Waals surface area contributed by atoms with E-state index in [2.05, 4.69) is 90.7 Å². The van der Waals surface area contributed by atoms with Gasteiger partial charge in [0.05, 0.1) is 11.3 Å². The molecule has 1 aliphatic rings. The third kappa shape index (κ3) is 7.15. The highest BCUT2D eigenvalue weighted by Gasteiger charge is 2.31. The Bertz CT molecular complexity index is 1290. The first-order valence-electron chi connectivity index (χ1n) is 14.0. The molecule has 4 rings (SSSR count). The number of hydrogen-bond acceptors (Lipinski definition) is 6. The summed E-state index contributed by atoms with van der Waals surface area (Å²) in [6.07, 6.45) is 4.44. The smallest absolute Gasteiger partial charge is 0.255 e. The fourth-order valence-corrected chi connectivity index (χ4v) is 4.62. The highest BCUT2D eigenvalue weighted by atomic mass is 16.1. The third-order valence-electron chi connectivity index (χ3n) is 7.08. The minimum Gasteiger partial charge on any atom is -0.355 e. The molecule has 3 aromatic rings. The van der Waals surface area contributed by atoms with Crippen molar-refractivity contribution < 1.29 is 4.79 Å². The Morgan fingerprint density at radius 3 is 2.36 bits per heavy atom. The SMILES string of the molecule is CC.CC(C)NC(=O)c1cnc(Nc2ccc3c(c2)CCN(C)C3(C)C)cc1Nc1ccnc(C(C)(C)C)c1. The lowest BCUT2D eigenvalue weighted by Gasteiger charge is -2.41. The number of nitrogens with zero attached hydrogens (tertiary/aromatic N) is 3. The molecular weight excluding hydrogens is 484 g/mol. The fourth-order valence-electron chi connectivity index (χ4n) is 4.62. The van der Waals surface area contributed by atoms with E-state index in [4.69, 9.17) is 0 Å². The number of hydrogen-bond donors (Lipinski definition) is 3. The molecule has 0 saturated heterocycles. The molecule has 210 valence electrons. The Morgan fingerprint density at radius 2 is 1.69 bits per heavy atom. The standard InChI is InChI=1S/C30H40N6O.C2H6/c1-19(2)33-28(37)23-18-32-27(17-25(23)34-22-11-13-31-26(16-22)29(3,4)5)35-21-9-10-24-20(15-21)12-14-36(8)30(24,6)7;1-2/h9-11,13,15-19H,12,14H2,1-8H3,(H,33,37)(H2,31,32,34,35);1-2H3. The number of rotatable bonds is 6. The predicted octanol–water partition coefficient (Wildman–Crippen LogP) is 7.15. The summed E-state index contributed by atoms with van der Waals surface area (Å²) in [5, 5.41) is 9.88. The molecule has 39 heavy (non-hydrogen) atoms. The minimum absolute atomic E-state index is 0.00330. The molecule has 1 aromatic carbocycles. The summed E-state index contributed by atoms with van der Waals surface area (Å²) in [7, 11) is 2.18. The van der Waals surface area contributed by atoms with Gasteiger partial charge in [-0.25, -0.2) is 4.98 Å². The largest absolute Gasteiger partial charge is 0.355 e. The fraction of sp³-hybridized carbons (Fsp3) is 0.469. The van der Waals surface area contributed by atoms with E-state index in [-0.39, 0.29) is 22.9 Å². The van der Waals surface area contributed by atoms with Crippen LogP contribution in [0.25, 0.3) is 0 Å². The average molecular weight is 531 g/mol. The highest BCUT2D eigenvalue weighted by Crippen LogP contribution is 2.36.